The lowest BCUT2D eigenvalue weighted by atomic mass is 10.1. The van der Waals surface area contributed by atoms with E-state index in [1.165, 1.54) is 80.5 Å². The van der Waals surface area contributed by atoms with E-state index < -0.39 is 61.3 Å². The monoisotopic (exact) mass is 648 g/mol. The third kappa shape index (κ3) is 8.23. The topological polar surface area (TPSA) is 139 Å². The Morgan fingerprint density at radius 1 is 1.09 bits per heavy atom. The molecule has 0 saturated carbocycles. The zero-order valence-corrected chi connectivity index (χ0v) is 26.7. The molecule has 0 spiro atoms. The predicted molar refractivity (Wildman–Crippen MR) is 165 cm³/mol. The maximum absolute atomic E-state index is 14.2. The number of amides is 2. The number of halogens is 2. The van der Waals surface area contributed by atoms with E-state index in [2.05, 4.69) is 5.32 Å². The SMILES string of the molecule is COc1ccc(Cl)cc1N(CC(=O)N(Cc1ccc(F)cc1)[C@@H](C)C(=O)NC(C)(C)C)S(=O)(=O)c1ccc(C)c([N+](=O)[O-])c1. The highest BCUT2D eigenvalue weighted by atomic mass is 35.5. The Bertz CT molecular complexity index is 1660. The average Bonchev–Trinajstić information content (AvgIpc) is 2.94. The van der Waals surface area contributed by atoms with Gasteiger partial charge in [-0.2, -0.15) is 0 Å². The van der Waals surface area contributed by atoms with Crippen molar-refractivity contribution in [1.29, 1.82) is 0 Å². The number of nitro groups is 1. The fourth-order valence-corrected chi connectivity index (χ4v) is 5.89. The number of anilines is 1. The van der Waals surface area contributed by atoms with Crippen molar-refractivity contribution in [2.75, 3.05) is 18.0 Å². The van der Waals surface area contributed by atoms with Gasteiger partial charge in [0.2, 0.25) is 11.8 Å². The number of carbonyl (C=O) groups is 2. The number of methoxy groups -OCH3 is 1. The van der Waals surface area contributed by atoms with E-state index in [-0.39, 0.29) is 28.6 Å². The van der Waals surface area contributed by atoms with Crippen LogP contribution in [0, 0.1) is 22.9 Å². The van der Waals surface area contributed by atoms with Crippen LogP contribution in [0.5, 0.6) is 5.75 Å². The molecule has 3 aromatic carbocycles. The summed E-state index contributed by atoms with van der Waals surface area (Å²) in [6, 6.07) is 11.8. The normalized spacial score (nSPS) is 12.3. The number of carbonyl (C=O) groups excluding carboxylic acids is 2. The molecule has 11 nitrogen and oxygen atoms in total. The lowest BCUT2D eigenvalue weighted by molar-refractivity contribution is -0.385. The summed E-state index contributed by atoms with van der Waals surface area (Å²) in [6.45, 7) is 7.26. The number of hydrogen-bond donors (Lipinski definition) is 1. The van der Waals surface area contributed by atoms with Gasteiger partial charge in [0.25, 0.3) is 15.7 Å². The first-order valence-corrected chi connectivity index (χ1v) is 15.2. The Labute approximate surface area is 260 Å². The van der Waals surface area contributed by atoms with Gasteiger partial charge in [-0.3, -0.25) is 24.0 Å². The molecular formula is C30H34ClFN4O7S. The van der Waals surface area contributed by atoms with E-state index in [4.69, 9.17) is 16.3 Å². The number of ether oxygens (including phenoxy) is 1. The number of nitrogens with one attached hydrogen (secondary N) is 1. The first kappa shape index (κ1) is 34.3. The summed E-state index contributed by atoms with van der Waals surface area (Å²) in [5.74, 6) is -1.74. The Kier molecular flexibility index (Phi) is 10.6. The smallest absolute Gasteiger partial charge is 0.273 e. The van der Waals surface area contributed by atoms with E-state index in [1.54, 1.807) is 20.8 Å². The Hall–Kier alpha value is -4.23. The maximum atomic E-state index is 14.2. The third-order valence-corrected chi connectivity index (χ3v) is 8.58. The molecule has 1 N–H and O–H groups in total. The van der Waals surface area contributed by atoms with Crippen LogP contribution in [0.2, 0.25) is 5.02 Å². The average molecular weight is 649 g/mol. The van der Waals surface area contributed by atoms with Gasteiger partial charge < -0.3 is 15.0 Å². The molecular weight excluding hydrogens is 615 g/mol. The van der Waals surface area contributed by atoms with Crippen LogP contribution in [0.25, 0.3) is 0 Å². The van der Waals surface area contributed by atoms with Crippen molar-refractivity contribution in [2.24, 2.45) is 0 Å². The summed E-state index contributed by atoms with van der Waals surface area (Å²) < 4.78 is 48.1. The summed E-state index contributed by atoms with van der Waals surface area (Å²) in [5, 5.41) is 14.6. The molecule has 2 amide bonds. The van der Waals surface area contributed by atoms with E-state index in [0.29, 0.717) is 5.56 Å². The number of nitrogens with zero attached hydrogens (tertiary/aromatic N) is 3. The molecule has 0 unspecified atom stereocenters. The van der Waals surface area contributed by atoms with Crippen molar-refractivity contribution in [3.05, 3.63) is 92.7 Å². The summed E-state index contributed by atoms with van der Waals surface area (Å²) in [7, 11) is -3.36. The lowest BCUT2D eigenvalue weighted by Crippen LogP contribution is -2.54. The molecule has 0 aromatic heterocycles. The second kappa shape index (κ2) is 13.6. The van der Waals surface area contributed by atoms with Crippen LogP contribution in [0.4, 0.5) is 15.8 Å². The minimum Gasteiger partial charge on any atom is -0.495 e. The molecule has 0 saturated heterocycles. The molecule has 1 atom stereocenters. The van der Waals surface area contributed by atoms with Gasteiger partial charge in [-0.25, -0.2) is 12.8 Å². The molecule has 0 radical (unpaired) electrons. The molecule has 0 bridgehead atoms. The third-order valence-electron chi connectivity index (χ3n) is 6.59. The van der Waals surface area contributed by atoms with E-state index in [9.17, 15) is 32.5 Å². The first-order chi connectivity index (χ1) is 20.4. The van der Waals surface area contributed by atoms with Crippen LogP contribution in [0.3, 0.4) is 0 Å². The number of aryl methyl sites for hydroxylation is 1. The van der Waals surface area contributed by atoms with Gasteiger partial charge in [0.05, 0.1) is 22.6 Å². The van der Waals surface area contributed by atoms with Crippen LogP contribution in [0.15, 0.2) is 65.6 Å². The number of nitro benzene ring substituents is 1. The van der Waals surface area contributed by atoms with Gasteiger partial charge in [0.15, 0.2) is 0 Å². The molecule has 0 aliphatic heterocycles. The van der Waals surface area contributed by atoms with Crippen LogP contribution in [0.1, 0.15) is 38.8 Å². The molecule has 3 rings (SSSR count). The molecule has 0 aliphatic carbocycles. The standard InChI is InChI=1S/C30H34ClFN4O7S/c1-19-7-13-24(16-25(19)36(39)40)44(41,42)35(26-15-22(31)10-14-27(26)43-6)18-28(37)34(17-21-8-11-23(32)12-9-21)20(2)29(38)33-30(3,4)5/h7-16,20H,17-18H2,1-6H3,(H,33,38)/t20-/m0/s1. The number of benzene rings is 3. The summed E-state index contributed by atoms with van der Waals surface area (Å²) >= 11 is 6.23. The van der Waals surface area contributed by atoms with Crippen LogP contribution in [-0.4, -0.2) is 55.3 Å². The fourth-order valence-electron chi connectivity index (χ4n) is 4.29. The van der Waals surface area contributed by atoms with Gasteiger partial charge >= 0.3 is 0 Å². The fraction of sp³-hybridized carbons (Fsp3) is 0.333. The van der Waals surface area contributed by atoms with Gasteiger partial charge in [-0.15, -0.1) is 0 Å². The maximum Gasteiger partial charge on any atom is 0.273 e. The Morgan fingerprint density at radius 2 is 1.73 bits per heavy atom. The highest BCUT2D eigenvalue weighted by molar-refractivity contribution is 7.92. The molecule has 0 fully saturated rings. The molecule has 0 heterocycles. The van der Waals surface area contributed by atoms with Crippen LogP contribution in [-0.2, 0) is 26.2 Å². The number of sulfonamides is 1. The molecule has 3 aromatic rings. The number of rotatable bonds is 11. The van der Waals surface area contributed by atoms with E-state index in [1.807, 2.05) is 0 Å². The predicted octanol–water partition coefficient (Wildman–Crippen LogP) is 5.23. The highest BCUT2D eigenvalue weighted by Gasteiger charge is 2.35. The zero-order valence-electron chi connectivity index (χ0n) is 25.1. The summed E-state index contributed by atoms with van der Waals surface area (Å²) in [5.41, 5.74) is -0.453. The van der Waals surface area contributed by atoms with Gasteiger partial charge in [-0.1, -0.05) is 29.8 Å². The molecule has 44 heavy (non-hydrogen) atoms. The first-order valence-electron chi connectivity index (χ1n) is 13.4. The minimum absolute atomic E-state index is 0.0518. The summed E-state index contributed by atoms with van der Waals surface area (Å²) in [4.78, 5) is 38.9. The van der Waals surface area contributed by atoms with Gasteiger partial charge in [-0.05, 0) is 76.6 Å². The second-order valence-electron chi connectivity index (χ2n) is 11.1. The van der Waals surface area contributed by atoms with Crippen molar-refractivity contribution in [3.63, 3.8) is 0 Å². The van der Waals surface area contributed by atoms with Crippen molar-refractivity contribution in [1.82, 2.24) is 10.2 Å². The van der Waals surface area contributed by atoms with Crippen molar-refractivity contribution in [3.8, 4) is 5.75 Å². The van der Waals surface area contributed by atoms with Gasteiger partial charge in [0, 0.05) is 28.7 Å². The number of hydrogen-bond acceptors (Lipinski definition) is 7. The van der Waals surface area contributed by atoms with Crippen molar-refractivity contribution >= 4 is 44.8 Å². The lowest BCUT2D eigenvalue weighted by Gasteiger charge is -2.33. The van der Waals surface area contributed by atoms with Crippen LogP contribution < -0.4 is 14.4 Å². The largest absolute Gasteiger partial charge is 0.495 e. The van der Waals surface area contributed by atoms with Crippen molar-refractivity contribution in [2.45, 2.75) is 57.6 Å². The van der Waals surface area contributed by atoms with Gasteiger partial charge in [0.1, 0.15) is 24.2 Å². The quantitative estimate of drug-likeness (QED) is 0.222. The zero-order chi connectivity index (χ0) is 33.0. The summed E-state index contributed by atoms with van der Waals surface area (Å²) in [6.07, 6.45) is 0. The van der Waals surface area contributed by atoms with E-state index in [0.717, 1.165) is 10.4 Å². The second-order valence-corrected chi connectivity index (χ2v) is 13.4. The minimum atomic E-state index is -4.67. The molecule has 0 aliphatic rings. The Morgan fingerprint density at radius 3 is 2.30 bits per heavy atom. The highest BCUT2D eigenvalue weighted by Crippen LogP contribution is 2.36. The van der Waals surface area contributed by atoms with Crippen molar-refractivity contribution < 1.29 is 32.1 Å². The molecule has 236 valence electrons. The molecule has 14 heteroatoms. The van der Waals surface area contributed by atoms with E-state index >= 15 is 0 Å². The Balaban J connectivity index is 2.16. The van der Waals surface area contributed by atoms with Crippen LogP contribution >= 0.6 is 11.6 Å².